The van der Waals surface area contributed by atoms with Crippen molar-refractivity contribution in [1.82, 2.24) is 35.2 Å². The maximum atomic E-state index is 5.41. The van der Waals surface area contributed by atoms with Gasteiger partial charge < -0.3 is 5.32 Å². The van der Waals surface area contributed by atoms with Gasteiger partial charge in [0.25, 0.3) is 0 Å². The molecule has 1 unspecified atom stereocenters. The van der Waals surface area contributed by atoms with Crippen molar-refractivity contribution < 1.29 is 0 Å². The Labute approximate surface area is 417 Å². The van der Waals surface area contributed by atoms with Crippen LogP contribution in [0.5, 0.6) is 0 Å². The molecule has 0 aliphatic carbocycles. The van der Waals surface area contributed by atoms with Gasteiger partial charge in [-0.25, -0.2) is 19.9 Å². The summed E-state index contributed by atoms with van der Waals surface area (Å²) in [7, 11) is 0. The summed E-state index contributed by atoms with van der Waals surface area (Å²) in [5, 5.41) is 13.2. The summed E-state index contributed by atoms with van der Waals surface area (Å²) < 4.78 is 0. The number of pyridine rings is 3. The van der Waals surface area contributed by atoms with E-state index in [1.54, 1.807) is 0 Å². The molecular formula is C65H45N7. The molecule has 0 saturated heterocycles. The fourth-order valence-electron chi connectivity index (χ4n) is 10.3. The van der Waals surface area contributed by atoms with Gasteiger partial charge in [-0.1, -0.05) is 158 Å². The third-order valence-electron chi connectivity index (χ3n) is 13.8. The number of aryl methyl sites for hydroxylation is 2. The lowest BCUT2D eigenvalue weighted by atomic mass is 9.90. The molecule has 1 atom stereocenters. The molecule has 12 aromatic rings. The highest BCUT2D eigenvalue weighted by molar-refractivity contribution is 6.14. The molecule has 0 saturated carbocycles. The number of nitrogens with zero attached hydrogens (tertiary/aromatic N) is 6. The van der Waals surface area contributed by atoms with Crippen LogP contribution in [0.25, 0.3) is 117 Å². The fourth-order valence-corrected chi connectivity index (χ4v) is 10.3. The van der Waals surface area contributed by atoms with Crippen LogP contribution in [0, 0.1) is 13.8 Å². The zero-order chi connectivity index (χ0) is 48.1. The molecule has 7 nitrogen and oxygen atoms in total. The lowest BCUT2D eigenvalue weighted by Gasteiger charge is -2.23. The number of fused-ring (bicyclic) bond motifs is 5. The maximum Gasteiger partial charge on any atom is 0.182 e. The van der Waals surface area contributed by atoms with Gasteiger partial charge in [0.1, 0.15) is 11.7 Å². The van der Waals surface area contributed by atoms with E-state index in [1.807, 2.05) is 30.6 Å². The largest absolute Gasteiger partial charge is 0.371 e. The molecule has 72 heavy (non-hydrogen) atoms. The zero-order valence-corrected chi connectivity index (χ0v) is 39.6. The first-order chi connectivity index (χ1) is 35.5. The monoisotopic (exact) mass is 923 g/mol. The fraction of sp³-hybridized carbons (Fsp3) is 0.0462. The Balaban J connectivity index is 1.01. The van der Waals surface area contributed by atoms with E-state index in [0.717, 1.165) is 99.8 Å². The van der Waals surface area contributed by atoms with Crippen molar-refractivity contribution >= 4 is 48.8 Å². The molecule has 0 spiro atoms. The summed E-state index contributed by atoms with van der Waals surface area (Å²) in [6.07, 6.45) is 10.1. The first-order valence-corrected chi connectivity index (χ1v) is 24.3. The Kier molecular flexibility index (Phi) is 10.5. The lowest BCUT2D eigenvalue weighted by molar-refractivity contribution is 0.700. The topological polar surface area (TPSA) is 89.4 Å². The van der Waals surface area contributed by atoms with Crippen molar-refractivity contribution in [3.8, 4) is 67.8 Å². The number of hydrogen-bond acceptors (Lipinski definition) is 7. The SMILES string of the molecule is Cc1cccnc1-c1ncc(-c2cc(-c3nc(-c4cccc(-c5cccc6ccccc56)n4)nc(C4C=CC=C(c5cccc6ccccc56)N4)n3)cc(-c3cc4ccccc4c4ccccc34)c2)cc1C. The minimum Gasteiger partial charge on any atom is -0.371 e. The quantitative estimate of drug-likeness (QED) is 0.152. The smallest absolute Gasteiger partial charge is 0.182 e. The van der Waals surface area contributed by atoms with Crippen LogP contribution in [-0.2, 0) is 0 Å². The van der Waals surface area contributed by atoms with E-state index in [-0.39, 0.29) is 6.04 Å². The van der Waals surface area contributed by atoms with Crippen molar-refractivity contribution in [1.29, 1.82) is 0 Å². The molecule has 1 N–H and O–H groups in total. The van der Waals surface area contributed by atoms with Gasteiger partial charge in [-0.2, -0.15) is 0 Å². The van der Waals surface area contributed by atoms with Gasteiger partial charge in [-0.15, -0.1) is 0 Å². The number of rotatable bonds is 8. The average molecular weight is 924 g/mol. The van der Waals surface area contributed by atoms with Crippen molar-refractivity contribution in [2.24, 2.45) is 0 Å². The average Bonchev–Trinajstić information content (AvgIpc) is 3.44. The molecule has 5 heterocycles. The minimum atomic E-state index is -0.382. The molecule has 0 fully saturated rings. The predicted molar refractivity (Wildman–Crippen MR) is 295 cm³/mol. The highest BCUT2D eigenvalue weighted by Crippen LogP contribution is 2.40. The Morgan fingerprint density at radius 3 is 1.82 bits per heavy atom. The van der Waals surface area contributed by atoms with E-state index in [4.69, 9.17) is 29.9 Å². The summed E-state index contributed by atoms with van der Waals surface area (Å²) in [5.41, 5.74) is 13.4. The summed E-state index contributed by atoms with van der Waals surface area (Å²) in [6.45, 7) is 4.18. The first kappa shape index (κ1) is 42.6. The van der Waals surface area contributed by atoms with E-state index >= 15 is 0 Å². The maximum absolute atomic E-state index is 5.41. The van der Waals surface area contributed by atoms with Gasteiger partial charge in [-0.3, -0.25) is 9.97 Å². The molecule has 1 aliphatic rings. The van der Waals surface area contributed by atoms with E-state index < -0.39 is 0 Å². The zero-order valence-electron chi connectivity index (χ0n) is 39.6. The Hall–Kier alpha value is -9.46. The predicted octanol–water partition coefficient (Wildman–Crippen LogP) is 15.5. The van der Waals surface area contributed by atoms with Crippen LogP contribution in [-0.4, -0.2) is 29.9 Å². The molecule has 4 aromatic heterocycles. The second-order valence-electron chi connectivity index (χ2n) is 18.4. The second kappa shape index (κ2) is 17.8. The highest BCUT2D eigenvalue weighted by atomic mass is 15.1. The second-order valence-corrected chi connectivity index (χ2v) is 18.4. The lowest BCUT2D eigenvalue weighted by Crippen LogP contribution is -2.23. The van der Waals surface area contributed by atoms with E-state index in [1.165, 1.54) is 16.2 Å². The molecule has 0 bridgehead atoms. The van der Waals surface area contributed by atoms with Crippen molar-refractivity contribution in [3.63, 3.8) is 0 Å². The molecule has 7 heteroatoms. The molecule has 1 aliphatic heterocycles. The Morgan fingerprint density at radius 1 is 0.403 bits per heavy atom. The molecular weight excluding hydrogens is 879 g/mol. The summed E-state index contributed by atoms with van der Waals surface area (Å²) in [6, 6.07) is 67.9. The van der Waals surface area contributed by atoms with Crippen LogP contribution >= 0.6 is 0 Å². The molecule has 13 rings (SSSR count). The molecule has 8 aromatic carbocycles. The summed E-state index contributed by atoms with van der Waals surface area (Å²) in [5.74, 6) is 1.58. The van der Waals surface area contributed by atoms with Crippen LogP contribution in [0.1, 0.15) is 28.6 Å². The summed E-state index contributed by atoms with van der Waals surface area (Å²) in [4.78, 5) is 31.2. The number of nitrogens with one attached hydrogen (secondary N) is 1. The van der Waals surface area contributed by atoms with Crippen molar-refractivity contribution in [2.75, 3.05) is 0 Å². The van der Waals surface area contributed by atoms with Crippen LogP contribution in [0.3, 0.4) is 0 Å². The van der Waals surface area contributed by atoms with Crippen molar-refractivity contribution in [3.05, 3.63) is 247 Å². The number of dihydropyridines is 1. The Bertz CT molecular complexity index is 4180. The van der Waals surface area contributed by atoms with Gasteiger partial charge >= 0.3 is 0 Å². The first-order valence-electron chi connectivity index (χ1n) is 24.3. The standard InChI is InChI=1S/C65H45N7/c1-40-16-15-33-66-61(40)62-41(2)34-48(39-67-62)45-35-46(56-38-44-19-5-8-24-51(44)52-25-9-10-26-53(52)56)37-47(36-45)63-70-64(59-31-13-29-57(68-59)54-27-11-20-42-17-3-6-22-49(42)54)72-65(71-63)60-32-14-30-58(69-60)55-28-12-21-43-18-4-7-23-50(43)55/h3-39,59,68H,1-2H3. The minimum absolute atomic E-state index is 0.382. The van der Waals surface area contributed by atoms with Gasteiger partial charge in [0.15, 0.2) is 17.5 Å². The van der Waals surface area contributed by atoms with E-state index in [0.29, 0.717) is 23.2 Å². The molecule has 340 valence electrons. The van der Waals surface area contributed by atoms with Gasteiger partial charge in [0, 0.05) is 40.3 Å². The number of allylic oxidation sites excluding steroid dienone is 2. The van der Waals surface area contributed by atoms with Crippen molar-refractivity contribution in [2.45, 2.75) is 19.9 Å². The van der Waals surface area contributed by atoms with Crippen LogP contribution in [0.15, 0.2) is 225 Å². The van der Waals surface area contributed by atoms with E-state index in [2.05, 4.69) is 213 Å². The number of benzene rings is 8. The van der Waals surface area contributed by atoms with Crippen LogP contribution < -0.4 is 5.32 Å². The van der Waals surface area contributed by atoms with E-state index in [9.17, 15) is 0 Å². The Morgan fingerprint density at radius 2 is 1.03 bits per heavy atom. The number of hydrogen-bond donors (Lipinski definition) is 1. The highest BCUT2D eigenvalue weighted by Gasteiger charge is 2.23. The number of aromatic nitrogens is 6. The molecule has 0 amide bonds. The van der Waals surface area contributed by atoms with Crippen LogP contribution in [0.2, 0.25) is 0 Å². The third-order valence-corrected chi connectivity index (χ3v) is 13.8. The third kappa shape index (κ3) is 7.74. The summed E-state index contributed by atoms with van der Waals surface area (Å²) >= 11 is 0. The van der Waals surface area contributed by atoms with Crippen LogP contribution in [0.4, 0.5) is 0 Å². The molecule has 0 radical (unpaired) electrons. The van der Waals surface area contributed by atoms with Gasteiger partial charge in [0.05, 0.1) is 17.1 Å². The van der Waals surface area contributed by atoms with Gasteiger partial charge in [-0.05, 0) is 139 Å². The normalized spacial score (nSPS) is 13.4. The van der Waals surface area contributed by atoms with Gasteiger partial charge in [0.2, 0.25) is 0 Å².